The van der Waals surface area contributed by atoms with E-state index in [0.29, 0.717) is 36.5 Å². The summed E-state index contributed by atoms with van der Waals surface area (Å²) in [6, 6.07) is 2.20. The number of pyridine rings is 1. The molecule has 0 unspecified atom stereocenters. The average Bonchev–Trinajstić information content (AvgIpc) is 3.21. The Kier molecular flexibility index (Phi) is 6.28. The molecular weight excluding hydrogens is 434 g/mol. The molecule has 0 spiro atoms. The minimum atomic E-state index is -0.515. The fraction of sp³-hybridized carbons (Fsp3) is 0.545. The zero-order chi connectivity index (χ0) is 22.9. The maximum atomic E-state index is 12.2. The summed E-state index contributed by atoms with van der Waals surface area (Å²) in [5.74, 6) is 0.412. The third kappa shape index (κ3) is 5.15. The lowest BCUT2D eigenvalue weighted by molar-refractivity contribution is 0.0274. The number of aromatic nitrogens is 3. The number of carbonyl (C=O) groups is 1. The minimum Gasteiger partial charge on any atom is -0.480 e. The maximum Gasteiger partial charge on any atom is 0.410 e. The number of anilines is 1. The highest BCUT2D eigenvalue weighted by Crippen LogP contribution is 2.30. The molecule has 0 N–H and O–H groups in total. The third-order valence-corrected chi connectivity index (χ3v) is 5.60. The molecule has 0 radical (unpaired) electrons. The first-order chi connectivity index (χ1) is 15.2. The molecule has 0 bridgehead atoms. The Morgan fingerprint density at radius 1 is 1.22 bits per heavy atom. The number of ether oxygens (including phenoxy) is 3. The Hall–Kier alpha value is -2.81. The van der Waals surface area contributed by atoms with Crippen molar-refractivity contribution in [1.29, 1.82) is 0 Å². The molecule has 2 aliphatic rings. The van der Waals surface area contributed by atoms with Crippen LogP contribution in [0.5, 0.6) is 11.9 Å². The van der Waals surface area contributed by atoms with E-state index in [4.69, 9.17) is 25.8 Å². The molecule has 0 saturated carbocycles. The van der Waals surface area contributed by atoms with Crippen molar-refractivity contribution in [1.82, 2.24) is 19.9 Å². The summed E-state index contributed by atoms with van der Waals surface area (Å²) in [5, 5.41) is 0.479. The highest BCUT2D eigenvalue weighted by atomic mass is 35.5. The van der Waals surface area contributed by atoms with Gasteiger partial charge in [-0.1, -0.05) is 11.6 Å². The number of amides is 1. The Morgan fingerprint density at radius 3 is 2.75 bits per heavy atom. The standard InChI is InChI=1S/C22H28ClN5O4/c1-22(2,3)32-21(29)28-7-5-16(13-28)31-20-25-10-14-12-27(8-6-18(14)26-20)15-9-17(23)19(30-4)24-11-15/h9-11,16H,5-8,12-13H2,1-4H3/t16-/m0/s1. The summed E-state index contributed by atoms with van der Waals surface area (Å²) < 4.78 is 16.5. The lowest BCUT2D eigenvalue weighted by atomic mass is 10.1. The van der Waals surface area contributed by atoms with Gasteiger partial charge < -0.3 is 24.0 Å². The van der Waals surface area contributed by atoms with Crippen LogP contribution < -0.4 is 14.4 Å². The Labute approximate surface area is 192 Å². The number of halogens is 1. The van der Waals surface area contributed by atoms with Crippen molar-refractivity contribution in [2.75, 3.05) is 31.6 Å². The van der Waals surface area contributed by atoms with Crippen LogP contribution in [0.3, 0.4) is 0 Å². The molecule has 1 fully saturated rings. The topological polar surface area (TPSA) is 89.9 Å². The number of hydrogen-bond acceptors (Lipinski definition) is 8. The van der Waals surface area contributed by atoms with Gasteiger partial charge in [0.1, 0.15) is 16.7 Å². The van der Waals surface area contributed by atoms with Gasteiger partial charge >= 0.3 is 12.1 Å². The van der Waals surface area contributed by atoms with Gasteiger partial charge in [0, 0.05) is 44.2 Å². The van der Waals surface area contributed by atoms with Crippen molar-refractivity contribution >= 4 is 23.4 Å². The Balaban J connectivity index is 1.36. The molecule has 0 aromatic carbocycles. The molecular formula is C22H28ClN5O4. The van der Waals surface area contributed by atoms with Gasteiger partial charge in [-0.15, -0.1) is 0 Å². The van der Waals surface area contributed by atoms with Crippen molar-refractivity contribution in [3.63, 3.8) is 0 Å². The lowest BCUT2D eigenvalue weighted by Crippen LogP contribution is -2.36. The second-order valence-electron chi connectivity index (χ2n) is 8.94. The van der Waals surface area contributed by atoms with Crippen molar-refractivity contribution in [2.45, 2.75) is 51.9 Å². The number of fused-ring (bicyclic) bond motifs is 1. The molecule has 2 aliphatic heterocycles. The molecule has 1 amide bonds. The zero-order valence-corrected chi connectivity index (χ0v) is 19.6. The Bertz CT molecular complexity index is 997. The summed E-state index contributed by atoms with van der Waals surface area (Å²) in [4.78, 5) is 29.4. The highest BCUT2D eigenvalue weighted by Gasteiger charge is 2.31. The van der Waals surface area contributed by atoms with Gasteiger partial charge in [-0.3, -0.25) is 0 Å². The van der Waals surface area contributed by atoms with Crippen LogP contribution in [0.25, 0.3) is 0 Å². The van der Waals surface area contributed by atoms with Gasteiger partial charge in [0.05, 0.1) is 31.2 Å². The average molecular weight is 462 g/mol. The van der Waals surface area contributed by atoms with Crippen molar-refractivity contribution < 1.29 is 19.0 Å². The number of hydrogen-bond donors (Lipinski definition) is 0. The van der Waals surface area contributed by atoms with Crippen LogP contribution in [0.2, 0.25) is 5.02 Å². The van der Waals surface area contributed by atoms with Crippen molar-refractivity contribution in [3.05, 3.63) is 34.7 Å². The second-order valence-corrected chi connectivity index (χ2v) is 9.34. The van der Waals surface area contributed by atoms with Crippen molar-refractivity contribution in [2.24, 2.45) is 0 Å². The van der Waals surface area contributed by atoms with Gasteiger partial charge in [0.25, 0.3) is 0 Å². The summed E-state index contributed by atoms with van der Waals surface area (Å²) in [5.41, 5.74) is 2.42. The Morgan fingerprint density at radius 2 is 2.03 bits per heavy atom. The minimum absolute atomic E-state index is 0.145. The normalized spacial score (nSPS) is 18.3. The lowest BCUT2D eigenvalue weighted by Gasteiger charge is -2.30. The largest absolute Gasteiger partial charge is 0.480 e. The number of carbonyl (C=O) groups excluding carboxylic acids is 1. The van der Waals surface area contributed by atoms with E-state index in [0.717, 1.165) is 36.3 Å². The predicted molar refractivity (Wildman–Crippen MR) is 119 cm³/mol. The van der Waals surface area contributed by atoms with E-state index in [9.17, 15) is 4.79 Å². The van der Waals surface area contributed by atoms with Crippen LogP contribution in [0.15, 0.2) is 18.5 Å². The van der Waals surface area contributed by atoms with E-state index in [1.165, 1.54) is 0 Å². The van der Waals surface area contributed by atoms with Crippen LogP contribution >= 0.6 is 11.6 Å². The second kappa shape index (κ2) is 8.97. The highest BCUT2D eigenvalue weighted by molar-refractivity contribution is 6.32. The van der Waals surface area contributed by atoms with Crippen LogP contribution in [-0.2, 0) is 17.7 Å². The smallest absolute Gasteiger partial charge is 0.410 e. The molecule has 0 aliphatic carbocycles. The van der Waals surface area contributed by atoms with Gasteiger partial charge in [-0.25, -0.2) is 14.8 Å². The van der Waals surface area contributed by atoms with Gasteiger partial charge in [0.2, 0.25) is 5.88 Å². The molecule has 10 heteroatoms. The summed E-state index contributed by atoms with van der Waals surface area (Å²) >= 11 is 6.22. The van der Waals surface area contributed by atoms with Crippen LogP contribution in [0, 0.1) is 0 Å². The quantitative estimate of drug-likeness (QED) is 0.683. The van der Waals surface area contributed by atoms with E-state index >= 15 is 0 Å². The van der Waals surface area contributed by atoms with Gasteiger partial charge in [-0.2, -0.15) is 4.98 Å². The number of nitrogens with zero attached hydrogens (tertiary/aromatic N) is 5. The molecule has 1 saturated heterocycles. The molecule has 32 heavy (non-hydrogen) atoms. The third-order valence-electron chi connectivity index (χ3n) is 5.33. The first-order valence-corrected chi connectivity index (χ1v) is 11.0. The fourth-order valence-electron chi connectivity index (χ4n) is 3.78. The van der Waals surface area contributed by atoms with E-state index < -0.39 is 5.60 Å². The number of rotatable bonds is 4. The molecule has 172 valence electrons. The fourth-order valence-corrected chi connectivity index (χ4v) is 4.02. The molecule has 2 aromatic rings. The summed E-state index contributed by atoms with van der Waals surface area (Å²) in [7, 11) is 1.54. The monoisotopic (exact) mass is 461 g/mol. The van der Waals surface area contributed by atoms with Gasteiger partial charge in [-0.05, 0) is 26.8 Å². The predicted octanol–water partition coefficient (Wildman–Crippen LogP) is 3.48. The van der Waals surface area contributed by atoms with E-state index in [1.54, 1.807) is 18.2 Å². The molecule has 2 aromatic heterocycles. The van der Waals surface area contributed by atoms with Crippen molar-refractivity contribution in [3.8, 4) is 11.9 Å². The van der Waals surface area contributed by atoms with E-state index in [1.807, 2.05) is 33.0 Å². The molecule has 4 rings (SSSR count). The molecule has 9 nitrogen and oxygen atoms in total. The number of likely N-dealkylation sites (tertiary alicyclic amines) is 1. The molecule has 4 heterocycles. The summed E-state index contributed by atoms with van der Waals surface area (Å²) in [6.07, 6.45) is 4.58. The first-order valence-electron chi connectivity index (χ1n) is 10.7. The zero-order valence-electron chi connectivity index (χ0n) is 18.8. The first kappa shape index (κ1) is 22.4. The van der Waals surface area contributed by atoms with E-state index in [2.05, 4.69) is 19.9 Å². The summed E-state index contributed by atoms with van der Waals surface area (Å²) in [6.45, 7) is 8.08. The van der Waals surface area contributed by atoms with Crippen LogP contribution in [0.4, 0.5) is 10.5 Å². The maximum absolute atomic E-state index is 12.2. The van der Waals surface area contributed by atoms with Crippen LogP contribution in [-0.4, -0.2) is 64.4 Å². The van der Waals surface area contributed by atoms with Crippen LogP contribution in [0.1, 0.15) is 38.4 Å². The van der Waals surface area contributed by atoms with Gasteiger partial charge in [0.15, 0.2) is 0 Å². The molecule has 1 atom stereocenters. The van der Waals surface area contributed by atoms with E-state index in [-0.39, 0.29) is 12.2 Å². The number of methoxy groups -OCH3 is 1. The SMILES string of the molecule is COc1ncc(N2CCc3nc(O[C@H]4CCN(C(=O)OC(C)(C)C)C4)ncc3C2)cc1Cl.